The summed E-state index contributed by atoms with van der Waals surface area (Å²) in [6, 6.07) is 18.4. The predicted molar refractivity (Wildman–Crippen MR) is 169 cm³/mol. The summed E-state index contributed by atoms with van der Waals surface area (Å²) in [6.45, 7) is 3.58. The Labute approximate surface area is 258 Å². The largest absolute Gasteiger partial charge is 0.495 e. The molecule has 11 heteroatoms. The standard InChI is InChI=1S/C31H37Cl2N3O5S/c1-5-6-17-34-31(38)28(19-23-11-8-7-9-12-23)35(20-24-25(32)13-10-14-26(24)33)30(37)21-36(42(4,39)40)27-18-22(2)15-16-29(27)41-3/h7-16,18,28H,5-6,17,19-21H2,1-4H3,(H,34,38). The van der Waals surface area contributed by atoms with E-state index in [2.05, 4.69) is 5.32 Å². The first kappa shape index (κ1) is 33.2. The molecule has 1 N–H and O–H groups in total. The first-order valence-electron chi connectivity index (χ1n) is 13.6. The van der Waals surface area contributed by atoms with Gasteiger partial charge in [-0.25, -0.2) is 8.42 Å². The fourth-order valence-electron chi connectivity index (χ4n) is 4.50. The molecule has 42 heavy (non-hydrogen) atoms. The number of nitrogens with one attached hydrogen (secondary N) is 1. The Morgan fingerprint density at radius 2 is 1.67 bits per heavy atom. The fraction of sp³-hybridized carbons (Fsp3) is 0.355. The second kappa shape index (κ2) is 15.3. The molecule has 2 amide bonds. The summed E-state index contributed by atoms with van der Waals surface area (Å²) < 4.78 is 32.6. The van der Waals surface area contributed by atoms with E-state index in [-0.39, 0.29) is 30.3 Å². The van der Waals surface area contributed by atoms with Gasteiger partial charge < -0.3 is 15.0 Å². The SMILES string of the molecule is CCCCNC(=O)C(Cc1ccccc1)N(Cc1c(Cl)cccc1Cl)C(=O)CN(c1cc(C)ccc1OC)S(C)(=O)=O. The summed E-state index contributed by atoms with van der Waals surface area (Å²) in [4.78, 5) is 29.3. The maximum absolute atomic E-state index is 14.3. The molecule has 0 radical (unpaired) electrons. The Balaban J connectivity index is 2.12. The summed E-state index contributed by atoms with van der Waals surface area (Å²) >= 11 is 13.0. The van der Waals surface area contributed by atoms with Crippen LogP contribution in [0.1, 0.15) is 36.5 Å². The van der Waals surface area contributed by atoms with E-state index in [0.717, 1.165) is 34.5 Å². The van der Waals surface area contributed by atoms with Crippen LogP contribution in [0.4, 0.5) is 5.69 Å². The lowest BCUT2D eigenvalue weighted by molar-refractivity contribution is -0.140. The molecule has 0 heterocycles. The molecule has 3 aromatic rings. The maximum atomic E-state index is 14.3. The van der Waals surface area contributed by atoms with E-state index in [1.807, 2.05) is 44.2 Å². The Kier molecular flexibility index (Phi) is 12.1. The van der Waals surface area contributed by atoms with Crippen LogP contribution in [0.15, 0.2) is 66.7 Å². The summed E-state index contributed by atoms with van der Waals surface area (Å²) in [6.07, 6.45) is 2.86. The lowest BCUT2D eigenvalue weighted by Gasteiger charge is -2.34. The molecule has 0 fully saturated rings. The number of hydrogen-bond acceptors (Lipinski definition) is 5. The van der Waals surface area contributed by atoms with Gasteiger partial charge in [-0.15, -0.1) is 0 Å². The predicted octanol–water partition coefficient (Wildman–Crippen LogP) is 5.63. The van der Waals surface area contributed by atoms with Crippen LogP contribution in [0.25, 0.3) is 0 Å². The number of benzene rings is 3. The number of unbranched alkanes of at least 4 members (excludes halogenated alkanes) is 1. The lowest BCUT2D eigenvalue weighted by Crippen LogP contribution is -2.53. The zero-order valence-electron chi connectivity index (χ0n) is 24.3. The molecule has 1 atom stereocenters. The van der Waals surface area contributed by atoms with E-state index in [0.29, 0.717) is 22.2 Å². The number of anilines is 1. The van der Waals surface area contributed by atoms with Gasteiger partial charge in [-0.1, -0.05) is 79.0 Å². The monoisotopic (exact) mass is 633 g/mol. The van der Waals surface area contributed by atoms with E-state index >= 15 is 0 Å². The third-order valence-corrected chi connectivity index (χ3v) is 8.61. The minimum Gasteiger partial charge on any atom is -0.495 e. The highest BCUT2D eigenvalue weighted by Gasteiger charge is 2.34. The molecule has 3 rings (SSSR count). The van der Waals surface area contributed by atoms with Crippen molar-refractivity contribution < 1.29 is 22.7 Å². The number of rotatable bonds is 14. The average Bonchev–Trinajstić information content (AvgIpc) is 2.94. The molecule has 0 bridgehead atoms. The van der Waals surface area contributed by atoms with Crippen LogP contribution in [0, 0.1) is 6.92 Å². The summed E-state index contributed by atoms with van der Waals surface area (Å²) in [5, 5.41) is 3.59. The smallest absolute Gasteiger partial charge is 0.244 e. The van der Waals surface area contributed by atoms with Gasteiger partial charge in [-0.2, -0.15) is 0 Å². The molecule has 0 aromatic heterocycles. The van der Waals surface area contributed by atoms with Crippen LogP contribution >= 0.6 is 23.2 Å². The number of carbonyl (C=O) groups excluding carboxylic acids is 2. The summed E-state index contributed by atoms with van der Waals surface area (Å²) in [5.41, 5.74) is 2.28. The normalized spacial score (nSPS) is 12.0. The van der Waals surface area contributed by atoms with Gasteiger partial charge in [0, 0.05) is 35.1 Å². The van der Waals surface area contributed by atoms with Gasteiger partial charge in [0.25, 0.3) is 0 Å². The van der Waals surface area contributed by atoms with Crippen LogP contribution < -0.4 is 14.4 Å². The summed E-state index contributed by atoms with van der Waals surface area (Å²) in [7, 11) is -2.53. The van der Waals surface area contributed by atoms with Gasteiger partial charge in [0.1, 0.15) is 18.3 Å². The number of ether oxygens (including phenoxy) is 1. The Bertz CT molecular complexity index is 1460. The summed E-state index contributed by atoms with van der Waals surface area (Å²) in [5.74, 6) is -0.674. The van der Waals surface area contributed by atoms with Gasteiger partial charge in [0.15, 0.2) is 0 Å². The molecule has 0 spiro atoms. The van der Waals surface area contributed by atoms with Gasteiger partial charge in [-0.05, 0) is 48.7 Å². The van der Waals surface area contributed by atoms with E-state index in [1.165, 1.54) is 12.0 Å². The average molecular weight is 635 g/mol. The Hall–Kier alpha value is -3.27. The van der Waals surface area contributed by atoms with Crippen LogP contribution in [0.5, 0.6) is 5.75 Å². The van der Waals surface area contributed by atoms with Crippen molar-refractivity contribution in [2.24, 2.45) is 0 Å². The molecule has 0 aliphatic heterocycles. The molecular formula is C31H37Cl2N3O5S. The molecule has 226 valence electrons. The number of hydrogen-bond donors (Lipinski definition) is 1. The second-order valence-electron chi connectivity index (χ2n) is 10.0. The number of amides is 2. The van der Waals surface area contributed by atoms with Crippen LogP contribution in [0.3, 0.4) is 0 Å². The lowest BCUT2D eigenvalue weighted by atomic mass is 10.0. The first-order chi connectivity index (χ1) is 20.0. The van der Waals surface area contributed by atoms with Gasteiger partial charge in [-0.3, -0.25) is 13.9 Å². The van der Waals surface area contributed by atoms with Crippen molar-refractivity contribution >= 4 is 50.7 Å². The molecule has 3 aromatic carbocycles. The van der Waals surface area contributed by atoms with Crippen molar-refractivity contribution in [2.45, 2.75) is 45.7 Å². The molecule has 1 unspecified atom stereocenters. The van der Waals surface area contributed by atoms with Crippen molar-refractivity contribution in [2.75, 3.05) is 30.8 Å². The van der Waals surface area contributed by atoms with Crippen LogP contribution in [-0.4, -0.2) is 57.6 Å². The van der Waals surface area contributed by atoms with Gasteiger partial charge in [0.05, 0.1) is 19.1 Å². The van der Waals surface area contributed by atoms with Crippen LogP contribution in [0.2, 0.25) is 10.0 Å². The number of halogens is 2. The second-order valence-corrected chi connectivity index (χ2v) is 12.7. The quantitative estimate of drug-likeness (QED) is 0.232. The van der Waals surface area contributed by atoms with Crippen molar-refractivity contribution in [3.8, 4) is 5.75 Å². The highest BCUT2D eigenvalue weighted by atomic mass is 35.5. The number of nitrogens with zero attached hydrogens (tertiary/aromatic N) is 2. The molecule has 0 saturated heterocycles. The van der Waals surface area contributed by atoms with Gasteiger partial charge in [0.2, 0.25) is 21.8 Å². The van der Waals surface area contributed by atoms with E-state index < -0.39 is 28.5 Å². The maximum Gasteiger partial charge on any atom is 0.244 e. The first-order valence-corrected chi connectivity index (χ1v) is 16.2. The molecule has 0 aliphatic rings. The van der Waals surface area contributed by atoms with Crippen molar-refractivity contribution in [1.82, 2.24) is 10.2 Å². The van der Waals surface area contributed by atoms with Crippen LogP contribution in [-0.2, 0) is 32.6 Å². The zero-order chi connectivity index (χ0) is 30.9. The highest BCUT2D eigenvalue weighted by molar-refractivity contribution is 7.92. The minimum atomic E-state index is -3.95. The van der Waals surface area contributed by atoms with Crippen molar-refractivity contribution in [3.63, 3.8) is 0 Å². The number of aryl methyl sites for hydroxylation is 1. The van der Waals surface area contributed by atoms with Crippen molar-refractivity contribution in [1.29, 1.82) is 0 Å². The van der Waals surface area contributed by atoms with Crippen molar-refractivity contribution in [3.05, 3.63) is 93.5 Å². The number of methoxy groups -OCH3 is 1. The third-order valence-electron chi connectivity index (χ3n) is 6.77. The van der Waals surface area contributed by atoms with E-state index in [9.17, 15) is 18.0 Å². The molecule has 0 saturated carbocycles. The van der Waals surface area contributed by atoms with E-state index in [4.69, 9.17) is 27.9 Å². The Morgan fingerprint density at radius 3 is 2.26 bits per heavy atom. The molecule has 8 nitrogen and oxygen atoms in total. The fourth-order valence-corrected chi connectivity index (χ4v) is 5.87. The van der Waals surface area contributed by atoms with Gasteiger partial charge >= 0.3 is 0 Å². The zero-order valence-corrected chi connectivity index (χ0v) is 26.6. The number of carbonyl (C=O) groups is 2. The highest BCUT2D eigenvalue weighted by Crippen LogP contribution is 2.32. The third kappa shape index (κ3) is 8.86. The number of sulfonamides is 1. The Morgan fingerprint density at radius 1 is 1.00 bits per heavy atom. The molecular weight excluding hydrogens is 597 g/mol. The molecule has 0 aliphatic carbocycles. The minimum absolute atomic E-state index is 0.113. The topological polar surface area (TPSA) is 96.0 Å². The van der Waals surface area contributed by atoms with E-state index in [1.54, 1.807) is 36.4 Å².